The quantitative estimate of drug-likeness (QED) is 0.416. The van der Waals surface area contributed by atoms with Crippen molar-refractivity contribution < 1.29 is 19.1 Å². The molecule has 0 aromatic rings. The Bertz CT molecular complexity index is 166. The van der Waals surface area contributed by atoms with Gasteiger partial charge in [-0.25, -0.2) is 0 Å². The first-order valence-electron chi connectivity index (χ1n) is 3.50. The predicted octanol–water partition coefficient (Wildman–Crippen LogP) is -0.0941. The molecular formula is C7H10O4. The number of rotatable bonds is 2. The van der Waals surface area contributed by atoms with Gasteiger partial charge in [-0.05, 0) is 6.92 Å². The van der Waals surface area contributed by atoms with Crippen molar-refractivity contribution in [1.82, 2.24) is 0 Å². The lowest BCUT2D eigenvalue weighted by Gasteiger charge is -2.25. The average molecular weight is 158 g/mol. The highest BCUT2D eigenvalue weighted by atomic mass is 16.7. The molecule has 0 aromatic heterocycles. The van der Waals surface area contributed by atoms with Gasteiger partial charge in [-0.15, -0.1) is 0 Å². The summed E-state index contributed by atoms with van der Waals surface area (Å²) in [7, 11) is 0. The van der Waals surface area contributed by atoms with E-state index in [1.165, 1.54) is 0 Å². The first-order valence-corrected chi connectivity index (χ1v) is 3.50. The summed E-state index contributed by atoms with van der Waals surface area (Å²) < 4.78 is 10.0. The van der Waals surface area contributed by atoms with Gasteiger partial charge in [0.1, 0.15) is 6.10 Å². The molecule has 4 nitrogen and oxygen atoms in total. The van der Waals surface area contributed by atoms with Crippen LogP contribution < -0.4 is 0 Å². The van der Waals surface area contributed by atoms with Crippen molar-refractivity contribution in [3.63, 3.8) is 0 Å². The highest BCUT2D eigenvalue weighted by molar-refractivity contribution is 6.27. The molecule has 1 rings (SSSR count). The number of ketones is 1. The zero-order chi connectivity index (χ0) is 8.27. The fourth-order valence-electron chi connectivity index (χ4n) is 0.965. The molecule has 62 valence electrons. The largest absolute Gasteiger partial charge is 0.353 e. The Labute approximate surface area is 64.5 Å². The monoisotopic (exact) mass is 158 g/mol. The Morgan fingerprint density at radius 1 is 1.64 bits per heavy atom. The molecule has 0 aliphatic carbocycles. The molecule has 0 N–H and O–H groups in total. The minimum absolute atomic E-state index is 0.294. The molecule has 11 heavy (non-hydrogen) atoms. The van der Waals surface area contributed by atoms with Gasteiger partial charge in [0.15, 0.2) is 12.6 Å². The minimum Gasteiger partial charge on any atom is -0.353 e. The lowest BCUT2D eigenvalue weighted by molar-refractivity contribution is -0.202. The molecule has 0 aromatic carbocycles. The van der Waals surface area contributed by atoms with Gasteiger partial charge in [-0.3, -0.25) is 9.59 Å². The van der Waals surface area contributed by atoms with Crippen LogP contribution in [0.25, 0.3) is 0 Å². The van der Waals surface area contributed by atoms with Gasteiger partial charge >= 0.3 is 0 Å². The van der Waals surface area contributed by atoms with Crippen molar-refractivity contribution in [2.45, 2.75) is 25.7 Å². The third kappa shape index (κ3) is 2.10. The first kappa shape index (κ1) is 8.36. The van der Waals surface area contributed by atoms with E-state index < -0.39 is 11.9 Å². The number of Topliss-reactive ketones (excluding diaryl/α,β-unsaturated/α-hetero) is 1. The summed E-state index contributed by atoms with van der Waals surface area (Å²) in [6.45, 7) is 2.18. The van der Waals surface area contributed by atoms with Gasteiger partial charge in [0, 0.05) is 6.42 Å². The summed E-state index contributed by atoms with van der Waals surface area (Å²) in [6.07, 6.45) is -0.196. The molecule has 1 aliphatic rings. The van der Waals surface area contributed by atoms with Crippen LogP contribution >= 0.6 is 0 Å². The molecule has 1 fully saturated rings. The Balaban J connectivity index is 2.45. The summed E-state index contributed by atoms with van der Waals surface area (Å²) in [5, 5.41) is 0. The summed E-state index contributed by atoms with van der Waals surface area (Å²) in [5.41, 5.74) is 0. The number of aldehydes is 1. The second-order valence-electron chi connectivity index (χ2n) is 2.37. The van der Waals surface area contributed by atoms with Crippen molar-refractivity contribution in [3.05, 3.63) is 0 Å². The Hall–Kier alpha value is -0.740. The minimum atomic E-state index is -0.587. The molecule has 1 heterocycles. The molecule has 0 amide bonds. The highest BCUT2D eigenvalue weighted by Crippen LogP contribution is 2.11. The van der Waals surface area contributed by atoms with Crippen LogP contribution in [-0.2, 0) is 19.1 Å². The van der Waals surface area contributed by atoms with Gasteiger partial charge in [-0.1, -0.05) is 0 Å². The smallest absolute Gasteiger partial charge is 0.224 e. The number of hydrogen-bond acceptors (Lipinski definition) is 4. The first-order chi connectivity index (χ1) is 5.24. The third-order valence-corrected chi connectivity index (χ3v) is 1.52. The summed E-state index contributed by atoms with van der Waals surface area (Å²) in [5.74, 6) is -0.500. The Kier molecular flexibility index (Phi) is 2.73. The van der Waals surface area contributed by atoms with Crippen LogP contribution in [0.1, 0.15) is 13.3 Å². The van der Waals surface area contributed by atoms with Crippen LogP contribution in [0.2, 0.25) is 0 Å². The SMILES string of the molecule is CC1OCCC(C(=O)C=O)O1. The maximum absolute atomic E-state index is 10.8. The molecule has 0 spiro atoms. The van der Waals surface area contributed by atoms with E-state index in [4.69, 9.17) is 9.47 Å². The molecule has 0 radical (unpaired) electrons. The van der Waals surface area contributed by atoms with Crippen molar-refractivity contribution >= 4 is 12.1 Å². The highest BCUT2D eigenvalue weighted by Gasteiger charge is 2.25. The van der Waals surface area contributed by atoms with E-state index in [1.54, 1.807) is 6.92 Å². The lowest BCUT2D eigenvalue weighted by atomic mass is 10.2. The van der Waals surface area contributed by atoms with Gasteiger partial charge in [0.2, 0.25) is 5.78 Å². The zero-order valence-corrected chi connectivity index (χ0v) is 6.28. The molecule has 2 unspecified atom stereocenters. The van der Waals surface area contributed by atoms with E-state index in [1.807, 2.05) is 0 Å². The van der Waals surface area contributed by atoms with Crippen molar-refractivity contribution in [3.8, 4) is 0 Å². The maximum atomic E-state index is 10.8. The fraction of sp³-hybridized carbons (Fsp3) is 0.714. The summed E-state index contributed by atoms with van der Waals surface area (Å²) in [4.78, 5) is 20.8. The van der Waals surface area contributed by atoms with E-state index in [0.717, 1.165) is 0 Å². The topological polar surface area (TPSA) is 52.6 Å². The van der Waals surface area contributed by atoms with Crippen LogP contribution in [0, 0.1) is 0 Å². The molecule has 0 saturated carbocycles. The second kappa shape index (κ2) is 3.59. The molecule has 0 bridgehead atoms. The Morgan fingerprint density at radius 3 is 2.91 bits per heavy atom. The summed E-state index contributed by atoms with van der Waals surface area (Å²) in [6, 6.07) is 0. The second-order valence-corrected chi connectivity index (χ2v) is 2.37. The van der Waals surface area contributed by atoms with Crippen LogP contribution in [0.4, 0.5) is 0 Å². The van der Waals surface area contributed by atoms with E-state index in [0.29, 0.717) is 19.3 Å². The van der Waals surface area contributed by atoms with Crippen LogP contribution in [0.5, 0.6) is 0 Å². The Morgan fingerprint density at radius 2 is 2.36 bits per heavy atom. The summed E-state index contributed by atoms with van der Waals surface area (Å²) >= 11 is 0. The van der Waals surface area contributed by atoms with Crippen LogP contribution in [-0.4, -0.2) is 31.1 Å². The van der Waals surface area contributed by atoms with Gasteiger partial charge < -0.3 is 9.47 Å². The molecular weight excluding hydrogens is 148 g/mol. The van der Waals surface area contributed by atoms with Crippen molar-refractivity contribution in [2.24, 2.45) is 0 Å². The third-order valence-electron chi connectivity index (χ3n) is 1.52. The van der Waals surface area contributed by atoms with Crippen molar-refractivity contribution in [1.29, 1.82) is 0 Å². The zero-order valence-electron chi connectivity index (χ0n) is 6.28. The maximum Gasteiger partial charge on any atom is 0.224 e. The number of ether oxygens (including phenoxy) is 2. The van der Waals surface area contributed by atoms with Crippen LogP contribution in [0.15, 0.2) is 0 Å². The van der Waals surface area contributed by atoms with Crippen molar-refractivity contribution in [2.75, 3.05) is 6.61 Å². The predicted molar refractivity (Wildman–Crippen MR) is 36.0 cm³/mol. The van der Waals surface area contributed by atoms with Gasteiger partial charge in [-0.2, -0.15) is 0 Å². The lowest BCUT2D eigenvalue weighted by Crippen LogP contribution is -2.36. The standard InChI is InChI=1S/C7H10O4/c1-5-10-3-2-7(11-5)6(9)4-8/h4-5,7H,2-3H2,1H3. The molecule has 1 saturated heterocycles. The number of hydrogen-bond donors (Lipinski definition) is 0. The fourth-order valence-corrected chi connectivity index (χ4v) is 0.965. The van der Waals surface area contributed by atoms with Gasteiger partial charge in [0.05, 0.1) is 6.61 Å². The normalized spacial score (nSPS) is 31.4. The molecule has 2 atom stereocenters. The van der Waals surface area contributed by atoms with E-state index in [-0.39, 0.29) is 6.29 Å². The van der Waals surface area contributed by atoms with E-state index in [9.17, 15) is 9.59 Å². The van der Waals surface area contributed by atoms with E-state index >= 15 is 0 Å². The number of carbonyl (C=O) groups is 2. The molecule has 1 aliphatic heterocycles. The van der Waals surface area contributed by atoms with Crippen LogP contribution in [0.3, 0.4) is 0 Å². The molecule has 4 heteroatoms. The average Bonchev–Trinajstić information content (AvgIpc) is 2.03. The van der Waals surface area contributed by atoms with E-state index in [2.05, 4.69) is 0 Å². The van der Waals surface area contributed by atoms with Gasteiger partial charge in [0.25, 0.3) is 0 Å². The number of carbonyl (C=O) groups excluding carboxylic acids is 2.